The summed E-state index contributed by atoms with van der Waals surface area (Å²) >= 11 is 0. The predicted octanol–water partition coefficient (Wildman–Crippen LogP) is 2.01. The summed E-state index contributed by atoms with van der Waals surface area (Å²) in [5.41, 5.74) is 0. The van der Waals surface area contributed by atoms with Gasteiger partial charge in [0.1, 0.15) is 0 Å². The van der Waals surface area contributed by atoms with Gasteiger partial charge in [-0.1, -0.05) is 18.0 Å². The first-order valence-corrected chi connectivity index (χ1v) is 8.52. The van der Waals surface area contributed by atoms with Crippen molar-refractivity contribution in [2.24, 2.45) is 0 Å². The van der Waals surface area contributed by atoms with Crippen LogP contribution in [0.3, 0.4) is 0 Å². The fourth-order valence-corrected chi connectivity index (χ4v) is 3.57. The van der Waals surface area contributed by atoms with Crippen LogP contribution in [0.15, 0.2) is 4.52 Å². The first-order chi connectivity index (χ1) is 10.7. The van der Waals surface area contributed by atoms with E-state index >= 15 is 0 Å². The molecule has 0 radical (unpaired) electrons. The highest BCUT2D eigenvalue weighted by molar-refractivity contribution is 5.76. The Morgan fingerprint density at radius 2 is 2.14 bits per heavy atom. The van der Waals surface area contributed by atoms with Gasteiger partial charge in [0.15, 0.2) is 5.82 Å². The van der Waals surface area contributed by atoms with Crippen LogP contribution in [0.4, 0.5) is 0 Å². The molecule has 1 unspecified atom stereocenters. The van der Waals surface area contributed by atoms with E-state index in [-0.39, 0.29) is 5.91 Å². The monoisotopic (exact) mass is 306 g/mol. The van der Waals surface area contributed by atoms with Gasteiger partial charge >= 0.3 is 0 Å². The molecule has 0 aromatic carbocycles. The summed E-state index contributed by atoms with van der Waals surface area (Å²) in [7, 11) is 0. The van der Waals surface area contributed by atoms with Crippen molar-refractivity contribution < 1.29 is 9.32 Å². The lowest BCUT2D eigenvalue weighted by Gasteiger charge is -2.30. The maximum absolute atomic E-state index is 12.0. The molecule has 1 aliphatic carbocycles. The third-order valence-corrected chi connectivity index (χ3v) is 4.77. The molecule has 122 valence electrons. The topological polar surface area (TPSA) is 71.3 Å². The fourth-order valence-electron chi connectivity index (χ4n) is 3.57. The number of nitrogens with zero attached hydrogens (tertiary/aromatic N) is 3. The molecule has 6 nitrogen and oxygen atoms in total. The Morgan fingerprint density at radius 1 is 1.32 bits per heavy atom. The van der Waals surface area contributed by atoms with Crippen LogP contribution in [0.5, 0.6) is 0 Å². The summed E-state index contributed by atoms with van der Waals surface area (Å²) in [5, 5.41) is 7.04. The maximum Gasteiger partial charge on any atom is 0.231 e. The predicted molar refractivity (Wildman–Crippen MR) is 82.5 cm³/mol. The van der Waals surface area contributed by atoms with Gasteiger partial charge in [0, 0.05) is 25.6 Å². The smallest absolute Gasteiger partial charge is 0.231 e. The minimum absolute atomic E-state index is 0.197. The Morgan fingerprint density at radius 3 is 2.86 bits per heavy atom. The molecule has 0 bridgehead atoms. The van der Waals surface area contributed by atoms with Crippen molar-refractivity contribution in [1.82, 2.24) is 20.4 Å². The molecule has 3 rings (SSSR count). The Kier molecular flexibility index (Phi) is 5.08. The molecule has 2 heterocycles. The van der Waals surface area contributed by atoms with Crippen molar-refractivity contribution in [3.05, 3.63) is 11.7 Å². The van der Waals surface area contributed by atoms with Gasteiger partial charge in [-0.3, -0.25) is 4.79 Å². The van der Waals surface area contributed by atoms with E-state index in [0.717, 1.165) is 51.2 Å². The molecule has 1 aromatic rings. The van der Waals surface area contributed by atoms with Gasteiger partial charge in [-0.25, -0.2) is 0 Å². The van der Waals surface area contributed by atoms with E-state index in [9.17, 15) is 4.79 Å². The number of carbonyl (C=O) groups is 1. The number of hydrogen-bond donors (Lipinski definition) is 1. The van der Waals surface area contributed by atoms with Gasteiger partial charge in [0.25, 0.3) is 0 Å². The first-order valence-electron chi connectivity index (χ1n) is 8.52. The first kappa shape index (κ1) is 15.5. The molecule has 1 N–H and O–H groups in total. The van der Waals surface area contributed by atoms with Crippen molar-refractivity contribution in [1.29, 1.82) is 0 Å². The van der Waals surface area contributed by atoms with Crippen LogP contribution in [0, 0.1) is 6.92 Å². The quantitative estimate of drug-likeness (QED) is 0.901. The van der Waals surface area contributed by atoms with E-state index in [1.807, 2.05) is 6.92 Å². The zero-order valence-electron chi connectivity index (χ0n) is 13.4. The van der Waals surface area contributed by atoms with Crippen molar-refractivity contribution in [2.75, 3.05) is 19.6 Å². The zero-order valence-corrected chi connectivity index (χ0v) is 13.4. The largest absolute Gasteiger partial charge is 0.353 e. The SMILES string of the molecule is Cc1noc(C2CCCN(CCC(=O)NC3CCCC3)C2)n1. The molecule has 1 aromatic heterocycles. The zero-order chi connectivity index (χ0) is 15.4. The molecular formula is C16H26N4O2. The summed E-state index contributed by atoms with van der Waals surface area (Å²) in [4.78, 5) is 18.7. The second-order valence-corrected chi connectivity index (χ2v) is 6.62. The van der Waals surface area contributed by atoms with E-state index in [2.05, 4.69) is 20.4 Å². The third kappa shape index (κ3) is 4.06. The minimum Gasteiger partial charge on any atom is -0.353 e. The Balaban J connectivity index is 1.43. The van der Waals surface area contributed by atoms with Crippen LogP contribution in [0.2, 0.25) is 0 Å². The lowest BCUT2D eigenvalue weighted by Crippen LogP contribution is -2.39. The van der Waals surface area contributed by atoms with Crippen LogP contribution >= 0.6 is 0 Å². The summed E-state index contributed by atoms with van der Waals surface area (Å²) in [5.74, 6) is 1.95. The summed E-state index contributed by atoms with van der Waals surface area (Å²) in [6, 6.07) is 0.419. The molecular weight excluding hydrogens is 280 g/mol. The number of hydrogen-bond acceptors (Lipinski definition) is 5. The third-order valence-electron chi connectivity index (χ3n) is 4.77. The number of likely N-dealkylation sites (tertiary alicyclic amines) is 1. The average Bonchev–Trinajstić information content (AvgIpc) is 3.17. The van der Waals surface area contributed by atoms with E-state index in [1.165, 1.54) is 12.8 Å². The highest BCUT2D eigenvalue weighted by Gasteiger charge is 2.26. The minimum atomic E-state index is 0.197. The summed E-state index contributed by atoms with van der Waals surface area (Å²) in [6.45, 7) is 4.64. The number of nitrogens with one attached hydrogen (secondary N) is 1. The van der Waals surface area contributed by atoms with Crippen LogP contribution in [-0.2, 0) is 4.79 Å². The standard InChI is InChI=1S/C16H26N4O2/c1-12-17-16(22-19-12)13-5-4-9-20(11-13)10-8-15(21)18-14-6-2-3-7-14/h13-14H,2-11H2,1H3,(H,18,21). The second-order valence-electron chi connectivity index (χ2n) is 6.62. The van der Waals surface area contributed by atoms with Gasteiger partial charge in [0.2, 0.25) is 11.8 Å². The van der Waals surface area contributed by atoms with Gasteiger partial charge in [0.05, 0.1) is 5.92 Å². The summed E-state index contributed by atoms with van der Waals surface area (Å²) < 4.78 is 5.30. The van der Waals surface area contributed by atoms with Crippen molar-refractivity contribution in [2.45, 2.75) is 63.8 Å². The number of amides is 1. The molecule has 1 amide bonds. The highest BCUT2D eigenvalue weighted by Crippen LogP contribution is 2.25. The molecule has 1 aliphatic heterocycles. The number of piperidine rings is 1. The molecule has 2 fully saturated rings. The van der Waals surface area contributed by atoms with E-state index in [0.29, 0.717) is 24.2 Å². The Hall–Kier alpha value is -1.43. The molecule has 22 heavy (non-hydrogen) atoms. The lowest BCUT2D eigenvalue weighted by molar-refractivity contribution is -0.122. The van der Waals surface area contributed by atoms with Crippen LogP contribution < -0.4 is 5.32 Å². The van der Waals surface area contributed by atoms with Crippen LogP contribution in [0.1, 0.15) is 62.6 Å². The molecule has 0 spiro atoms. The van der Waals surface area contributed by atoms with Crippen molar-refractivity contribution in [3.63, 3.8) is 0 Å². The number of rotatable bonds is 5. The second kappa shape index (κ2) is 7.22. The summed E-state index contributed by atoms with van der Waals surface area (Å²) in [6.07, 6.45) is 7.60. The number of aryl methyl sites for hydroxylation is 1. The Bertz CT molecular complexity index is 496. The molecule has 2 aliphatic rings. The molecule has 1 saturated heterocycles. The van der Waals surface area contributed by atoms with Crippen molar-refractivity contribution >= 4 is 5.91 Å². The Labute approximate surface area is 131 Å². The molecule has 1 atom stereocenters. The van der Waals surface area contributed by atoms with Gasteiger partial charge in [-0.15, -0.1) is 0 Å². The van der Waals surface area contributed by atoms with E-state index in [4.69, 9.17) is 4.52 Å². The average molecular weight is 306 g/mol. The normalized spacial score (nSPS) is 23.8. The fraction of sp³-hybridized carbons (Fsp3) is 0.812. The van der Waals surface area contributed by atoms with E-state index in [1.54, 1.807) is 0 Å². The maximum atomic E-state index is 12.0. The van der Waals surface area contributed by atoms with Gasteiger partial charge in [-0.2, -0.15) is 4.98 Å². The van der Waals surface area contributed by atoms with Gasteiger partial charge in [-0.05, 0) is 39.2 Å². The molecule has 1 saturated carbocycles. The number of carbonyl (C=O) groups excluding carboxylic acids is 1. The lowest BCUT2D eigenvalue weighted by atomic mass is 9.98. The van der Waals surface area contributed by atoms with Crippen molar-refractivity contribution in [3.8, 4) is 0 Å². The molecule has 6 heteroatoms. The van der Waals surface area contributed by atoms with E-state index < -0.39 is 0 Å². The van der Waals surface area contributed by atoms with Gasteiger partial charge < -0.3 is 14.7 Å². The number of aromatic nitrogens is 2. The highest BCUT2D eigenvalue weighted by atomic mass is 16.5. The van der Waals surface area contributed by atoms with Crippen LogP contribution in [-0.4, -0.2) is 46.6 Å². The van der Waals surface area contributed by atoms with Crippen LogP contribution in [0.25, 0.3) is 0 Å².